The van der Waals surface area contributed by atoms with E-state index >= 15 is 0 Å². The predicted molar refractivity (Wildman–Crippen MR) is 127 cm³/mol. The van der Waals surface area contributed by atoms with E-state index in [1.54, 1.807) is 18.6 Å². The molecule has 3 aromatic rings. The number of carbonyl (C=O) groups excluding carboxylic acids is 1. The molecule has 2 aliphatic carbocycles. The molecule has 3 heterocycles. The van der Waals surface area contributed by atoms with Gasteiger partial charge in [-0.3, -0.25) is 14.8 Å². The first-order valence-electron chi connectivity index (χ1n) is 11.4. The summed E-state index contributed by atoms with van der Waals surface area (Å²) in [6.07, 6.45) is 12.1. The molecule has 0 unspecified atom stereocenters. The van der Waals surface area contributed by atoms with Crippen LogP contribution in [0.5, 0.6) is 0 Å². The molecule has 1 aliphatic heterocycles. The molecule has 6 rings (SSSR count). The number of rotatable bonds is 6. The third-order valence-corrected chi connectivity index (χ3v) is 6.60. The van der Waals surface area contributed by atoms with Crippen LogP contribution >= 0.6 is 0 Å². The first-order chi connectivity index (χ1) is 16.1. The summed E-state index contributed by atoms with van der Waals surface area (Å²) < 4.78 is 2.10. The quantitative estimate of drug-likeness (QED) is 0.604. The molecule has 1 aromatic carbocycles. The summed E-state index contributed by atoms with van der Waals surface area (Å²) in [5, 5.41) is 14.8. The molecule has 1 atom stereocenters. The van der Waals surface area contributed by atoms with Crippen molar-refractivity contribution in [2.45, 2.75) is 44.2 Å². The zero-order valence-electron chi connectivity index (χ0n) is 18.4. The number of nitrogens with one attached hydrogen (secondary N) is 2. The number of aliphatic imine (C=N–C) groups is 1. The normalized spacial score (nSPS) is 21.9. The Morgan fingerprint density at radius 2 is 2.03 bits per heavy atom. The van der Waals surface area contributed by atoms with Crippen molar-refractivity contribution in [1.82, 2.24) is 25.1 Å². The van der Waals surface area contributed by atoms with Crippen LogP contribution in [-0.2, 0) is 0 Å². The van der Waals surface area contributed by atoms with E-state index in [0.29, 0.717) is 23.3 Å². The van der Waals surface area contributed by atoms with E-state index in [-0.39, 0.29) is 11.4 Å². The zero-order valence-corrected chi connectivity index (χ0v) is 18.4. The van der Waals surface area contributed by atoms with Crippen molar-refractivity contribution < 1.29 is 4.79 Å². The van der Waals surface area contributed by atoms with Crippen molar-refractivity contribution in [3.8, 4) is 11.4 Å². The number of hydrogen-bond donors (Lipinski definition) is 2. The summed E-state index contributed by atoms with van der Waals surface area (Å²) >= 11 is 0. The van der Waals surface area contributed by atoms with Gasteiger partial charge < -0.3 is 15.2 Å². The SMILES string of the molecule is C[C@]1(C2CC2)C=NC(c2ccnc(C(=O)Nc3cccc(-c4nncn4C4CC4)c3)c2)=CN1. The number of amides is 1. The highest BCUT2D eigenvalue weighted by Gasteiger charge is 2.40. The van der Waals surface area contributed by atoms with Crippen LogP contribution in [0.25, 0.3) is 17.1 Å². The van der Waals surface area contributed by atoms with Crippen LogP contribution in [0.2, 0.25) is 0 Å². The van der Waals surface area contributed by atoms with Crippen LogP contribution < -0.4 is 10.6 Å². The number of hydrogen-bond acceptors (Lipinski definition) is 6. The van der Waals surface area contributed by atoms with Crippen LogP contribution in [0.1, 0.15) is 54.7 Å². The Kier molecular flexibility index (Phi) is 4.60. The molecule has 2 aromatic heterocycles. The third kappa shape index (κ3) is 3.92. The number of aromatic nitrogens is 4. The second-order valence-electron chi connectivity index (χ2n) is 9.25. The van der Waals surface area contributed by atoms with Gasteiger partial charge in [0.05, 0.1) is 11.2 Å². The van der Waals surface area contributed by atoms with Gasteiger partial charge in [-0.1, -0.05) is 12.1 Å². The summed E-state index contributed by atoms with van der Waals surface area (Å²) in [4.78, 5) is 21.9. The molecule has 2 saturated carbocycles. The molecule has 2 N–H and O–H groups in total. The molecule has 1 amide bonds. The lowest BCUT2D eigenvalue weighted by Gasteiger charge is -2.29. The molecule has 0 radical (unpaired) electrons. The topological polar surface area (TPSA) is 97.1 Å². The number of benzene rings is 1. The summed E-state index contributed by atoms with van der Waals surface area (Å²) in [5.41, 5.74) is 3.52. The lowest BCUT2D eigenvalue weighted by molar-refractivity contribution is 0.102. The second-order valence-corrected chi connectivity index (χ2v) is 9.25. The Hall–Kier alpha value is -3.81. The van der Waals surface area contributed by atoms with Gasteiger partial charge >= 0.3 is 0 Å². The van der Waals surface area contributed by atoms with Gasteiger partial charge in [0.2, 0.25) is 0 Å². The van der Waals surface area contributed by atoms with Gasteiger partial charge in [0.1, 0.15) is 12.0 Å². The highest BCUT2D eigenvalue weighted by molar-refractivity contribution is 6.03. The second kappa shape index (κ2) is 7.65. The lowest BCUT2D eigenvalue weighted by Crippen LogP contribution is -2.44. The van der Waals surface area contributed by atoms with Crippen LogP contribution in [0.4, 0.5) is 5.69 Å². The van der Waals surface area contributed by atoms with Gasteiger partial charge in [0, 0.05) is 41.5 Å². The molecular formula is C25H25N7O. The van der Waals surface area contributed by atoms with Crippen LogP contribution in [0, 0.1) is 5.92 Å². The van der Waals surface area contributed by atoms with Gasteiger partial charge in [-0.05, 0) is 62.8 Å². The molecule has 0 bridgehead atoms. The standard InChI is InChI=1S/C25H25N7O/c1-25(18-5-6-18)14-27-22(13-28-25)16-9-10-26-21(12-16)24(33)30-19-4-2-3-17(11-19)23-31-29-15-32(23)20-7-8-20/h2-4,9-15,18,20,28H,5-8H2,1H3,(H,30,33)/t25-/m1/s1. The minimum absolute atomic E-state index is 0.0779. The molecule has 8 heteroatoms. The maximum absolute atomic E-state index is 13.0. The largest absolute Gasteiger partial charge is 0.379 e. The number of nitrogens with zero attached hydrogens (tertiary/aromatic N) is 5. The smallest absolute Gasteiger partial charge is 0.274 e. The molecule has 33 heavy (non-hydrogen) atoms. The van der Waals surface area contributed by atoms with Crippen molar-refractivity contribution in [3.05, 3.63) is 66.4 Å². The lowest BCUT2D eigenvalue weighted by atomic mass is 9.96. The fraction of sp³-hybridized carbons (Fsp3) is 0.320. The first-order valence-corrected chi connectivity index (χ1v) is 11.4. The Morgan fingerprint density at radius 1 is 1.15 bits per heavy atom. The summed E-state index contributed by atoms with van der Waals surface area (Å²) in [5.74, 6) is 1.20. The number of anilines is 1. The van der Waals surface area contributed by atoms with Crippen LogP contribution in [-0.4, -0.2) is 37.4 Å². The fourth-order valence-corrected chi connectivity index (χ4v) is 4.28. The summed E-state index contributed by atoms with van der Waals surface area (Å²) in [6, 6.07) is 11.8. The average molecular weight is 440 g/mol. The molecule has 2 fully saturated rings. The molecule has 3 aliphatic rings. The van der Waals surface area contributed by atoms with Gasteiger partial charge in [0.25, 0.3) is 5.91 Å². The van der Waals surface area contributed by atoms with E-state index in [1.807, 2.05) is 42.7 Å². The average Bonchev–Trinajstić information content (AvgIpc) is 3.78. The molecule has 166 valence electrons. The first kappa shape index (κ1) is 19.8. The van der Waals surface area contributed by atoms with E-state index in [0.717, 1.165) is 35.5 Å². The zero-order chi connectivity index (χ0) is 22.4. The minimum Gasteiger partial charge on any atom is -0.379 e. The fourth-order valence-electron chi connectivity index (χ4n) is 4.28. The van der Waals surface area contributed by atoms with E-state index in [1.165, 1.54) is 12.8 Å². The van der Waals surface area contributed by atoms with Crippen molar-refractivity contribution in [2.75, 3.05) is 5.32 Å². The third-order valence-electron chi connectivity index (χ3n) is 6.60. The number of pyridine rings is 1. The van der Waals surface area contributed by atoms with E-state index < -0.39 is 0 Å². The molecule has 0 spiro atoms. The Labute approximate surface area is 191 Å². The Bertz CT molecular complexity index is 1290. The van der Waals surface area contributed by atoms with E-state index in [9.17, 15) is 4.79 Å². The Morgan fingerprint density at radius 3 is 2.79 bits per heavy atom. The highest BCUT2D eigenvalue weighted by Crippen LogP contribution is 2.40. The predicted octanol–water partition coefficient (Wildman–Crippen LogP) is 4.07. The Balaban J connectivity index is 1.19. The van der Waals surface area contributed by atoms with E-state index in [2.05, 4.69) is 42.3 Å². The highest BCUT2D eigenvalue weighted by atomic mass is 16.1. The minimum atomic E-state index is -0.270. The van der Waals surface area contributed by atoms with Gasteiger partial charge in [-0.15, -0.1) is 10.2 Å². The van der Waals surface area contributed by atoms with Crippen LogP contribution in [0.15, 0.2) is 60.1 Å². The van der Waals surface area contributed by atoms with Crippen molar-refractivity contribution >= 4 is 23.5 Å². The van der Waals surface area contributed by atoms with Gasteiger partial charge in [0.15, 0.2) is 5.82 Å². The van der Waals surface area contributed by atoms with E-state index in [4.69, 9.17) is 0 Å². The van der Waals surface area contributed by atoms with Crippen molar-refractivity contribution in [2.24, 2.45) is 10.9 Å². The van der Waals surface area contributed by atoms with Crippen LogP contribution in [0.3, 0.4) is 0 Å². The maximum atomic E-state index is 13.0. The van der Waals surface area contributed by atoms with Crippen molar-refractivity contribution in [1.29, 1.82) is 0 Å². The maximum Gasteiger partial charge on any atom is 0.274 e. The summed E-state index contributed by atoms with van der Waals surface area (Å²) in [6.45, 7) is 2.17. The molecular weight excluding hydrogens is 414 g/mol. The van der Waals surface area contributed by atoms with Gasteiger partial charge in [-0.2, -0.15) is 0 Å². The molecule has 0 saturated heterocycles. The monoisotopic (exact) mass is 439 g/mol. The van der Waals surface area contributed by atoms with Crippen molar-refractivity contribution in [3.63, 3.8) is 0 Å². The summed E-state index contributed by atoms with van der Waals surface area (Å²) in [7, 11) is 0. The molecule has 8 nitrogen and oxygen atoms in total. The van der Waals surface area contributed by atoms with Gasteiger partial charge in [-0.25, -0.2) is 0 Å². The number of carbonyl (C=O) groups is 1.